The summed E-state index contributed by atoms with van der Waals surface area (Å²) in [5, 5.41) is 0. The maximum atomic E-state index is 11.8. The molecule has 0 spiro atoms. The smallest absolute Gasteiger partial charge is 0.277 e. The van der Waals surface area contributed by atoms with Gasteiger partial charge in [-0.15, -0.1) is 0 Å². The van der Waals surface area contributed by atoms with E-state index in [1.54, 1.807) is 20.8 Å². The standard InChI is InChI=1S/C13H20N4O2S/c1-13(2,3)17-20(18,19)14-9-8-12-15-10-6-4-5-7-11(10)16-12/h4-7,14,17H,8-9H2,1-3H3,(H,15,16). The highest BCUT2D eigenvalue weighted by Gasteiger charge is 2.19. The quantitative estimate of drug-likeness (QED) is 0.778. The average Bonchev–Trinajstić information content (AvgIpc) is 2.67. The minimum absolute atomic E-state index is 0.297. The Hall–Kier alpha value is -1.44. The summed E-state index contributed by atoms with van der Waals surface area (Å²) in [6.07, 6.45) is 0.514. The van der Waals surface area contributed by atoms with Gasteiger partial charge in [0.05, 0.1) is 11.0 Å². The Bertz CT molecular complexity index is 653. The fourth-order valence-corrected chi connectivity index (χ4v) is 3.12. The Morgan fingerprint density at radius 1 is 1.25 bits per heavy atom. The Labute approximate surface area is 119 Å². The highest BCUT2D eigenvalue weighted by molar-refractivity contribution is 7.87. The van der Waals surface area contributed by atoms with Crippen molar-refractivity contribution in [3.63, 3.8) is 0 Å². The third-order valence-electron chi connectivity index (χ3n) is 2.53. The van der Waals surface area contributed by atoms with E-state index in [0.717, 1.165) is 16.9 Å². The molecule has 0 fully saturated rings. The van der Waals surface area contributed by atoms with Crippen LogP contribution in [0.4, 0.5) is 0 Å². The fourth-order valence-electron chi connectivity index (χ4n) is 1.87. The zero-order valence-corrected chi connectivity index (χ0v) is 12.7. The molecule has 110 valence electrons. The van der Waals surface area contributed by atoms with Gasteiger partial charge in [0.25, 0.3) is 10.2 Å². The van der Waals surface area contributed by atoms with Crippen LogP contribution in [-0.2, 0) is 16.6 Å². The zero-order valence-electron chi connectivity index (χ0n) is 11.9. The molecule has 1 heterocycles. The lowest BCUT2D eigenvalue weighted by Crippen LogP contribution is -2.47. The normalized spacial score (nSPS) is 12.9. The van der Waals surface area contributed by atoms with Crippen molar-refractivity contribution in [3.05, 3.63) is 30.1 Å². The third-order valence-corrected chi connectivity index (χ3v) is 4.00. The molecule has 3 N–H and O–H groups in total. The summed E-state index contributed by atoms with van der Waals surface area (Å²) in [4.78, 5) is 7.56. The van der Waals surface area contributed by atoms with Gasteiger partial charge in [0.15, 0.2) is 0 Å². The predicted molar refractivity (Wildman–Crippen MR) is 79.6 cm³/mol. The molecule has 0 radical (unpaired) electrons. The van der Waals surface area contributed by atoms with E-state index in [-0.39, 0.29) is 0 Å². The van der Waals surface area contributed by atoms with Crippen LogP contribution in [0.25, 0.3) is 11.0 Å². The van der Waals surface area contributed by atoms with E-state index >= 15 is 0 Å². The predicted octanol–water partition coefficient (Wildman–Crippen LogP) is 1.33. The Kier molecular flexibility index (Phi) is 4.12. The van der Waals surface area contributed by atoms with Gasteiger partial charge in [-0.2, -0.15) is 13.1 Å². The number of rotatable bonds is 5. The van der Waals surface area contributed by atoms with Gasteiger partial charge in [-0.3, -0.25) is 0 Å². The molecular formula is C13H20N4O2S. The van der Waals surface area contributed by atoms with Crippen molar-refractivity contribution in [1.82, 2.24) is 19.4 Å². The van der Waals surface area contributed by atoms with Crippen LogP contribution in [0.5, 0.6) is 0 Å². The van der Waals surface area contributed by atoms with E-state index in [1.807, 2.05) is 24.3 Å². The number of hydrogen-bond acceptors (Lipinski definition) is 3. The molecule has 0 aliphatic carbocycles. The molecule has 7 heteroatoms. The van der Waals surface area contributed by atoms with Crippen molar-refractivity contribution in [3.8, 4) is 0 Å². The van der Waals surface area contributed by atoms with Gasteiger partial charge in [-0.1, -0.05) is 12.1 Å². The van der Waals surface area contributed by atoms with Crippen molar-refractivity contribution < 1.29 is 8.42 Å². The zero-order chi connectivity index (χ0) is 14.8. The SMILES string of the molecule is CC(C)(C)NS(=O)(=O)NCCc1nc2ccccc2[nH]1. The molecule has 1 aromatic heterocycles. The first-order valence-corrected chi connectivity index (χ1v) is 7.96. The second-order valence-electron chi connectivity index (χ2n) is 5.70. The van der Waals surface area contributed by atoms with Crippen molar-refractivity contribution in [1.29, 1.82) is 0 Å². The first-order chi connectivity index (χ1) is 9.25. The number of fused-ring (bicyclic) bond motifs is 1. The van der Waals surface area contributed by atoms with Gasteiger partial charge in [0.1, 0.15) is 5.82 Å². The van der Waals surface area contributed by atoms with Gasteiger partial charge in [0.2, 0.25) is 0 Å². The molecule has 0 unspecified atom stereocenters. The third kappa shape index (κ3) is 4.29. The van der Waals surface area contributed by atoms with Gasteiger partial charge >= 0.3 is 0 Å². The molecule has 2 aromatic rings. The molecule has 0 atom stereocenters. The molecular weight excluding hydrogens is 276 g/mol. The van der Waals surface area contributed by atoms with E-state index in [9.17, 15) is 8.42 Å². The van der Waals surface area contributed by atoms with E-state index in [2.05, 4.69) is 19.4 Å². The number of hydrogen-bond donors (Lipinski definition) is 3. The van der Waals surface area contributed by atoms with Crippen molar-refractivity contribution >= 4 is 21.2 Å². The molecule has 0 aliphatic heterocycles. The summed E-state index contributed by atoms with van der Waals surface area (Å²) in [5.74, 6) is 0.768. The van der Waals surface area contributed by atoms with E-state index < -0.39 is 15.7 Å². The number of aromatic nitrogens is 2. The molecule has 0 aliphatic rings. The molecule has 2 rings (SSSR count). The number of nitrogens with one attached hydrogen (secondary N) is 3. The fraction of sp³-hybridized carbons (Fsp3) is 0.462. The minimum Gasteiger partial charge on any atom is -0.342 e. The van der Waals surface area contributed by atoms with Gasteiger partial charge in [0, 0.05) is 18.5 Å². The number of aromatic amines is 1. The lowest BCUT2D eigenvalue weighted by Gasteiger charge is -2.20. The van der Waals surface area contributed by atoms with Crippen LogP contribution in [0.3, 0.4) is 0 Å². The lowest BCUT2D eigenvalue weighted by atomic mass is 10.1. The molecule has 20 heavy (non-hydrogen) atoms. The summed E-state index contributed by atoms with van der Waals surface area (Å²) >= 11 is 0. The van der Waals surface area contributed by atoms with Crippen molar-refractivity contribution in [2.75, 3.05) is 6.54 Å². The van der Waals surface area contributed by atoms with Gasteiger partial charge < -0.3 is 4.98 Å². The highest BCUT2D eigenvalue weighted by Crippen LogP contribution is 2.10. The summed E-state index contributed by atoms with van der Waals surface area (Å²) in [5.41, 5.74) is 1.35. The van der Waals surface area contributed by atoms with Crippen LogP contribution in [0, 0.1) is 0 Å². The Morgan fingerprint density at radius 2 is 1.95 bits per heavy atom. The summed E-state index contributed by atoms with van der Waals surface area (Å²) in [6, 6.07) is 7.71. The summed E-state index contributed by atoms with van der Waals surface area (Å²) < 4.78 is 28.6. The monoisotopic (exact) mass is 296 g/mol. The summed E-state index contributed by atoms with van der Waals surface area (Å²) in [7, 11) is -3.48. The second kappa shape index (κ2) is 5.51. The van der Waals surface area contributed by atoms with Crippen LogP contribution in [-0.4, -0.2) is 30.5 Å². The first kappa shape index (κ1) is 15.0. The van der Waals surface area contributed by atoms with Crippen LogP contribution in [0.1, 0.15) is 26.6 Å². The lowest BCUT2D eigenvalue weighted by molar-refractivity contribution is 0.484. The van der Waals surface area contributed by atoms with E-state index in [4.69, 9.17) is 0 Å². The maximum Gasteiger partial charge on any atom is 0.277 e. The molecule has 0 bridgehead atoms. The largest absolute Gasteiger partial charge is 0.342 e. The first-order valence-electron chi connectivity index (χ1n) is 6.47. The average molecular weight is 296 g/mol. The number of H-pyrrole nitrogens is 1. The molecule has 0 saturated carbocycles. The number of imidazole rings is 1. The molecule has 6 nitrogen and oxygen atoms in total. The topological polar surface area (TPSA) is 86.9 Å². The van der Waals surface area contributed by atoms with E-state index in [1.165, 1.54) is 0 Å². The van der Waals surface area contributed by atoms with Crippen LogP contribution >= 0.6 is 0 Å². The van der Waals surface area contributed by atoms with Crippen molar-refractivity contribution in [2.24, 2.45) is 0 Å². The Balaban J connectivity index is 1.93. The van der Waals surface area contributed by atoms with Crippen LogP contribution < -0.4 is 9.44 Å². The van der Waals surface area contributed by atoms with E-state index in [0.29, 0.717) is 13.0 Å². The number of benzene rings is 1. The summed E-state index contributed by atoms with van der Waals surface area (Å²) in [6.45, 7) is 5.69. The molecule has 1 aromatic carbocycles. The van der Waals surface area contributed by atoms with Gasteiger partial charge in [-0.05, 0) is 32.9 Å². The van der Waals surface area contributed by atoms with Crippen LogP contribution in [0.15, 0.2) is 24.3 Å². The molecule has 0 saturated heterocycles. The number of para-hydroxylation sites is 2. The maximum absolute atomic E-state index is 11.8. The Morgan fingerprint density at radius 3 is 2.60 bits per heavy atom. The molecule has 0 amide bonds. The highest BCUT2D eigenvalue weighted by atomic mass is 32.2. The minimum atomic E-state index is -3.48. The van der Waals surface area contributed by atoms with Gasteiger partial charge in [-0.25, -0.2) is 9.71 Å². The van der Waals surface area contributed by atoms with Crippen molar-refractivity contribution in [2.45, 2.75) is 32.7 Å². The second-order valence-corrected chi connectivity index (χ2v) is 7.20. The number of nitrogens with zero attached hydrogens (tertiary/aromatic N) is 1. The van der Waals surface area contributed by atoms with Crippen LogP contribution in [0.2, 0.25) is 0 Å².